The zero-order chi connectivity index (χ0) is 25.8. The average Bonchev–Trinajstić information content (AvgIpc) is 3.19. The molecule has 9 nitrogen and oxygen atoms in total. The molecule has 0 spiro atoms. The van der Waals surface area contributed by atoms with Gasteiger partial charge in [-0.1, -0.05) is 36.9 Å². The van der Waals surface area contributed by atoms with Gasteiger partial charge in [0.1, 0.15) is 5.56 Å². The van der Waals surface area contributed by atoms with Gasteiger partial charge in [-0.25, -0.2) is 9.50 Å². The van der Waals surface area contributed by atoms with Crippen LogP contribution in [0.2, 0.25) is 0 Å². The number of para-hydroxylation sites is 1. The zero-order valence-corrected chi connectivity index (χ0v) is 20.5. The molecule has 0 radical (unpaired) electrons. The van der Waals surface area contributed by atoms with Gasteiger partial charge in [-0.05, 0) is 42.8 Å². The van der Waals surface area contributed by atoms with Crippen molar-refractivity contribution in [2.45, 2.75) is 19.4 Å². The number of nitrogen functional groups attached to an aromatic ring is 1. The number of benzene rings is 1. The van der Waals surface area contributed by atoms with Crippen LogP contribution in [0.25, 0.3) is 5.65 Å². The topological polar surface area (TPSA) is 109 Å². The number of nitrogens with one attached hydrogen (secondary N) is 1. The van der Waals surface area contributed by atoms with Gasteiger partial charge in [-0.3, -0.25) is 14.5 Å². The molecule has 2 aromatic heterocycles. The molecule has 1 aliphatic rings. The third kappa shape index (κ3) is 5.05. The SMILES string of the molecule is C=C1C=C([C@H](C)NC(=O)c2c(N)nn3cccnc23)N(c2ccccc2)C(=O)C/C(N(C)C)=C\C=C/1. The highest BCUT2D eigenvalue weighted by Crippen LogP contribution is 2.26. The maximum absolute atomic E-state index is 13.7. The van der Waals surface area contributed by atoms with Gasteiger partial charge in [0.15, 0.2) is 11.5 Å². The number of rotatable bonds is 5. The molecule has 0 saturated carbocycles. The Labute approximate surface area is 209 Å². The Kier molecular flexibility index (Phi) is 7.00. The normalized spacial score (nSPS) is 17.7. The summed E-state index contributed by atoms with van der Waals surface area (Å²) in [5.74, 6) is -0.515. The summed E-state index contributed by atoms with van der Waals surface area (Å²) in [5.41, 5.74) is 9.35. The van der Waals surface area contributed by atoms with Gasteiger partial charge in [0.05, 0.1) is 12.5 Å². The highest BCUT2D eigenvalue weighted by Gasteiger charge is 2.28. The molecule has 184 valence electrons. The van der Waals surface area contributed by atoms with Crippen molar-refractivity contribution in [3.8, 4) is 0 Å². The summed E-state index contributed by atoms with van der Waals surface area (Å²) >= 11 is 0. The summed E-state index contributed by atoms with van der Waals surface area (Å²) in [6.45, 7) is 5.94. The minimum absolute atomic E-state index is 0.0717. The Hall–Kier alpha value is -4.66. The van der Waals surface area contributed by atoms with E-state index in [2.05, 4.69) is 22.0 Å². The van der Waals surface area contributed by atoms with Crippen LogP contribution in [0.15, 0.2) is 96.6 Å². The van der Waals surface area contributed by atoms with Crippen LogP contribution in [0.1, 0.15) is 23.7 Å². The minimum atomic E-state index is -0.587. The van der Waals surface area contributed by atoms with E-state index in [1.54, 1.807) is 29.4 Å². The predicted octanol–water partition coefficient (Wildman–Crippen LogP) is 3.31. The van der Waals surface area contributed by atoms with Crippen molar-refractivity contribution in [3.05, 3.63) is 102 Å². The average molecular weight is 484 g/mol. The summed E-state index contributed by atoms with van der Waals surface area (Å²) in [6, 6.07) is 10.4. The number of nitrogens with zero attached hydrogens (tertiary/aromatic N) is 5. The van der Waals surface area contributed by atoms with Crippen LogP contribution in [0.5, 0.6) is 0 Å². The largest absolute Gasteiger partial charge is 0.381 e. The molecule has 36 heavy (non-hydrogen) atoms. The smallest absolute Gasteiger partial charge is 0.259 e. The number of hydrogen-bond donors (Lipinski definition) is 2. The van der Waals surface area contributed by atoms with Gasteiger partial charge >= 0.3 is 0 Å². The van der Waals surface area contributed by atoms with Crippen LogP contribution in [-0.2, 0) is 4.79 Å². The quantitative estimate of drug-likeness (QED) is 0.576. The number of allylic oxidation sites excluding steroid dienone is 5. The van der Waals surface area contributed by atoms with Crippen molar-refractivity contribution in [3.63, 3.8) is 0 Å². The Morgan fingerprint density at radius 3 is 2.69 bits per heavy atom. The molecule has 3 N–H and O–H groups in total. The third-order valence-corrected chi connectivity index (χ3v) is 5.80. The third-order valence-electron chi connectivity index (χ3n) is 5.80. The van der Waals surface area contributed by atoms with E-state index in [9.17, 15) is 9.59 Å². The number of anilines is 2. The summed E-state index contributed by atoms with van der Waals surface area (Å²) in [7, 11) is 3.79. The molecule has 3 heterocycles. The maximum Gasteiger partial charge on any atom is 0.259 e. The second-order valence-electron chi connectivity index (χ2n) is 8.64. The van der Waals surface area contributed by atoms with Crippen LogP contribution in [0.3, 0.4) is 0 Å². The van der Waals surface area contributed by atoms with E-state index in [4.69, 9.17) is 5.73 Å². The highest BCUT2D eigenvalue weighted by atomic mass is 16.2. The summed E-state index contributed by atoms with van der Waals surface area (Å²) < 4.78 is 1.46. The Morgan fingerprint density at radius 2 is 1.97 bits per heavy atom. The second-order valence-corrected chi connectivity index (χ2v) is 8.64. The maximum atomic E-state index is 13.7. The molecule has 0 bridgehead atoms. The number of carbonyl (C=O) groups excluding carboxylic acids is 2. The van der Waals surface area contributed by atoms with Gasteiger partial charge in [-0.2, -0.15) is 0 Å². The minimum Gasteiger partial charge on any atom is -0.381 e. The first-order valence-electron chi connectivity index (χ1n) is 11.5. The number of nitrogens with two attached hydrogens (primary N) is 1. The Morgan fingerprint density at radius 1 is 1.22 bits per heavy atom. The fraction of sp³-hybridized carbons (Fsp3) is 0.185. The van der Waals surface area contributed by atoms with E-state index in [0.29, 0.717) is 22.6 Å². The van der Waals surface area contributed by atoms with Crippen molar-refractivity contribution in [2.24, 2.45) is 0 Å². The van der Waals surface area contributed by atoms with E-state index in [0.717, 1.165) is 5.70 Å². The van der Waals surface area contributed by atoms with Gasteiger partial charge in [0.2, 0.25) is 5.91 Å². The number of amides is 2. The van der Waals surface area contributed by atoms with Crippen LogP contribution >= 0.6 is 0 Å². The molecule has 0 aliphatic carbocycles. The van der Waals surface area contributed by atoms with E-state index < -0.39 is 11.9 Å². The van der Waals surface area contributed by atoms with E-state index >= 15 is 0 Å². The highest BCUT2D eigenvalue weighted by molar-refractivity contribution is 6.05. The Bertz CT molecular complexity index is 1400. The molecule has 2 amide bonds. The number of aromatic nitrogens is 3. The lowest BCUT2D eigenvalue weighted by Crippen LogP contribution is -2.43. The summed E-state index contributed by atoms with van der Waals surface area (Å²) in [5, 5.41) is 7.15. The number of carbonyl (C=O) groups is 2. The molecule has 0 saturated heterocycles. The fourth-order valence-electron chi connectivity index (χ4n) is 3.98. The van der Waals surface area contributed by atoms with E-state index in [1.165, 1.54) is 4.52 Å². The van der Waals surface area contributed by atoms with Crippen molar-refractivity contribution < 1.29 is 9.59 Å². The van der Waals surface area contributed by atoms with E-state index in [1.807, 2.05) is 74.5 Å². The standard InChI is InChI=1S/C27H29N7O2/c1-18-10-8-13-21(32(3)4)17-23(35)34(20-11-6-5-7-12-20)22(16-18)19(2)30-27(36)24-25(28)31-33-15-9-14-29-26(24)33/h5-16,19H,1,17H2,2-4H3,(H2,28,31)(H,30,36)/b10-8-,21-13+,22-16?/t19-/m0/s1. The first-order valence-corrected chi connectivity index (χ1v) is 11.5. The molecule has 1 aliphatic heterocycles. The molecule has 1 aromatic carbocycles. The second kappa shape index (κ2) is 10.3. The van der Waals surface area contributed by atoms with Crippen molar-refractivity contribution >= 4 is 29.0 Å². The first-order chi connectivity index (χ1) is 17.3. The van der Waals surface area contributed by atoms with Crippen LogP contribution in [0.4, 0.5) is 11.5 Å². The van der Waals surface area contributed by atoms with Crippen molar-refractivity contribution in [2.75, 3.05) is 24.7 Å². The molecule has 4 rings (SSSR count). The predicted molar refractivity (Wildman–Crippen MR) is 141 cm³/mol. The molecule has 0 fully saturated rings. The summed E-state index contributed by atoms with van der Waals surface area (Å²) in [6.07, 6.45) is 10.8. The van der Waals surface area contributed by atoms with Crippen LogP contribution < -0.4 is 16.0 Å². The van der Waals surface area contributed by atoms with Crippen molar-refractivity contribution in [1.29, 1.82) is 0 Å². The lowest BCUT2D eigenvalue weighted by Gasteiger charge is -2.31. The van der Waals surface area contributed by atoms with Gasteiger partial charge in [0.25, 0.3) is 5.91 Å². The van der Waals surface area contributed by atoms with Gasteiger partial charge in [0, 0.05) is 43.6 Å². The van der Waals surface area contributed by atoms with Crippen molar-refractivity contribution in [1.82, 2.24) is 24.8 Å². The molecule has 0 unspecified atom stereocenters. The van der Waals surface area contributed by atoms with Gasteiger partial charge < -0.3 is 16.0 Å². The molecule has 1 atom stereocenters. The van der Waals surface area contributed by atoms with Gasteiger partial charge in [-0.15, -0.1) is 5.10 Å². The summed E-state index contributed by atoms with van der Waals surface area (Å²) in [4.78, 5) is 34.9. The van der Waals surface area contributed by atoms with Crippen LogP contribution in [0, 0.1) is 0 Å². The first kappa shape index (κ1) is 24.5. The number of fused-ring (bicyclic) bond motifs is 1. The molecule has 3 aromatic rings. The lowest BCUT2D eigenvalue weighted by atomic mass is 10.1. The number of hydrogen-bond acceptors (Lipinski definition) is 6. The Balaban J connectivity index is 1.75. The van der Waals surface area contributed by atoms with E-state index in [-0.39, 0.29) is 23.7 Å². The zero-order valence-electron chi connectivity index (χ0n) is 20.5. The molecular weight excluding hydrogens is 454 g/mol. The molecule has 9 heteroatoms. The van der Waals surface area contributed by atoms with Crippen LogP contribution in [-0.4, -0.2) is 51.4 Å². The molecular formula is C27H29N7O2. The monoisotopic (exact) mass is 483 g/mol. The lowest BCUT2D eigenvalue weighted by molar-refractivity contribution is -0.117. The fourth-order valence-corrected chi connectivity index (χ4v) is 3.98.